The van der Waals surface area contributed by atoms with Crippen molar-refractivity contribution in [1.29, 1.82) is 0 Å². The van der Waals surface area contributed by atoms with Crippen molar-refractivity contribution in [2.45, 2.75) is 19.0 Å². The maximum atomic E-state index is 12.9. The third-order valence-electron chi connectivity index (χ3n) is 5.33. The Bertz CT molecular complexity index is 821. The predicted octanol–water partition coefficient (Wildman–Crippen LogP) is 2.03. The normalized spacial score (nSPS) is 22.4. The molecule has 28 heavy (non-hydrogen) atoms. The monoisotopic (exact) mass is 419 g/mol. The molecule has 3 rings (SSSR count). The molecule has 0 aromatic heterocycles. The number of amides is 1. The predicted molar refractivity (Wildman–Crippen MR) is 99.4 cm³/mol. The van der Waals surface area contributed by atoms with E-state index in [4.69, 9.17) is 0 Å². The van der Waals surface area contributed by atoms with Gasteiger partial charge in [-0.15, -0.1) is 0 Å². The van der Waals surface area contributed by atoms with Crippen LogP contribution in [0.25, 0.3) is 0 Å². The summed E-state index contributed by atoms with van der Waals surface area (Å²) in [6.45, 7) is 2.33. The number of benzene rings is 1. The third kappa shape index (κ3) is 4.78. The maximum absolute atomic E-state index is 12.9. The number of piperazine rings is 1. The van der Waals surface area contributed by atoms with Crippen molar-refractivity contribution in [3.05, 3.63) is 29.8 Å². The molecule has 156 valence electrons. The van der Waals surface area contributed by atoms with Gasteiger partial charge in [0.1, 0.15) is 0 Å². The van der Waals surface area contributed by atoms with Crippen LogP contribution in [0.4, 0.5) is 18.9 Å². The minimum absolute atomic E-state index is 0.0722. The fourth-order valence-electron chi connectivity index (χ4n) is 3.77. The van der Waals surface area contributed by atoms with E-state index in [1.807, 2.05) is 4.90 Å². The summed E-state index contributed by atoms with van der Waals surface area (Å²) < 4.78 is 63.5. The molecule has 10 heteroatoms. The number of hydrogen-bond acceptors (Lipinski definition) is 4. The summed E-state index contributed by atoms with van der Waals surface area (Å²) in [4.78, 5) is 16.3. The third-order valence-corrected chi connectivity index (χ3v) is 6.60. The van der Waals surface area contributed by atoms with Crippen LogP contribution in [0.15, 0.2) is 24.3 Å². The molecule has 2 aliphatic heterocycles. The number of carbonyl (C=O) groups excluding carboxylic acids is 1. The second-order valence-electron chi connectivity index (χ2n) is 7.32. The standard InChI is InChI=1S/C18H24F3N3O3S/c1-28(26,27)24-7-3-4-14(13-24)17(25)23-10-8-22(9-11-23)16-6-2-5-15(12-16)18(19,20)21/h2,5-6,12,14H,3-4,7-11,13H2,1H3/t14-/m1/s1. The van der Waals surface area contributed by atoms with Crippen molar-refractivity contribution in [2.75, 3.05) is 50.4 Å². The van der Waals surface area contributed by atoms with E-state index in [9.17, 15) is 26.4 Å². The summed E-state index contributed by atoms with van der Waals surface area (Å²) in [5.41, 5.74) is -0.200. The van der Waals surface area contributed by atoms with Gasteiger partial charge in [-0.3, -0.25) is 4.79 Å². The summed E-state index contributed by atoms with van der Waals surface area (Å²) >= 11 is 0. The van der Waals surface area contributed by atoms with Crippen molar-refractivity contribution < 1.29 is 26.4 Å². The van der Waals surface area contributed by atoms with Crippen LogP contribution in [0.3, 0.4) is 0 Å². The van der Waals surface area contributed by atoms with Crippen LogP contribution >= 0.6 is 0 Å². The summed E-state index contributed by atoms with van der Waals surface area (Å²) in [5.74, 6) is -0.430. The summed E-state index contributed by atoms with van der Waals surface area (Å²) in [6.07, 6.45) is -1.94. The van der Waals surface area contributed by atoms with E-state index in [-0.39, 0.29) is 18.4 Å². The zero-order chi connectivity index (χ0) is 20.5. The Balaban J connectivity index is 1.60. The first-order valence-electron chi connectivity index (χ1n) is 9.22. The lowest BCUT2D eigenvalue weighted by Gasteiger charge is -2.39. The van der Waals surface area contributed by atoms with Gasteiger partial charge >= 0.3 is 6.18 Å². The van der Waals surface area contributed by atoms with Crippen LogP contribution in [0.2, 0.25) is 0 Å². The van der Waals surface area contributed by atoms with Gasteiger partial charge in [0.15, 0.2) is 0 Å². The molecule has 1 aromatic rings. The van der Waals surface area contributed by atoms with Gasteiger partial charge in [0.2, 0.25) is 15.9 Å². The zero-order valence-corrected chi connectivity index (χ0v) is 16.5. The fraction of sp³-hybridized carbons (Fsp3) is 0.611. The van der Waals surface area contributed by atoms with Crippen LogP contribution in [0.1, 0.15) is 18.4 Å². The molecule has 0 unspecified atom stereocenters. The smallest absolute Gasteiger partial charge is 0.368 e. The highest BCUT2D eigenvalue weighted by atomic mass is 32.2. The largest absolute Gasteiger partial charge is 0.416 e. The fourth-order valence-corrected chi connectivity index (χ4v) is 4.68. The van der Waals surface area contributed by atoms with Crippen LogP contribution < -0.4 is 4.90 Å². The first-order valence-corrected chi connectivity index (χ1v) is 11.1. The number of carbonyl (C=O) groups is 1. The minimum atomic E-state index is -4.39. The van der Waals surface area contributed by atoms with E-state index < -0.39 is 21.8 Å². The van der Waals surface area contributed by atoms with Gasteiger partial charge in [0.25, 0.3) is 0 Å². The first-order chi connectivity index (χ1) is 13.1. The highest BCUT2D eigenvalue weighted by Crippen LogP contribution is 2.32. The minimum Gasteiger partial charge on any atom is -0.368 e. The molecule has 0 spiro atoms. The molecule has 1 amide bonds. The zero-order valence-electron chi connectivity index (χ0n) is 15.7. The Labute approximate surface area is 162 Å². The second-order valence-corrected chi connectivity index (χ2v) is 9.30. The number of hydrogen-bond donors (Lipinski definition) is 0. The number of piperidine rings is 1. The molecule has 0 radical (unpaired) electrons. The second kappa shape index (κ2) is 7.90. The van der Waals surface area contributed by atoms with Gasteiger partial charge in [-0.05, 0) is 31.0 Å². The van der Waals surface area contributed by atoms with Gasteiger partial charge in [0.05, 0.1) is 17.7 Å². The molecule has 0 N–H and O–H groups in total. The average molecular weight is 419 g/mol. The molecule has 1 atom stereocenters. The van der Waals surface area contributed by atoms with Crippen LogP contribution in [-0.2, 0) is 21.0 Å². The lowest BCUT2D eigenvalue weighted by atomic mass is 9.97. The highest BCUT2D eigenvalue weighted by molar-refractivity contribution is 7.88. The lowest BCUT2D eigenvalue weighted by molar-refractivity contribution is -0.137. The van der Waals surface area contributed by atoms with Crippen molar-refractivity contribution >= 4 is 21.6 Å². The molecular formula is C18H24F3N3O3S. The number of nitrogens with zero attached hydrogens (tertiary/aromatic N) is 3. The van der Waals surface area contributed by atoms with Crippen molar-refractivity contribution in [2.24, 2.45) is 5.92 Å². The van der Waals surface area contributed by atoms with Crippen molar-refractivity contribution in [1.82, 2.24) is 9.21 Å². The molecule has 2 heterocycles. The molecule has 1 aromatic carbocycles. The molecule has 0 aliphatic carbocycles. The average Bonchev–Trinajstić information content (AvgIpc) is 2.66. The topological polar surface area (TPSA) is 60.9 Å². The van der Waals surface area contributed by atoms with Gasteiger partial charge < -0.3 is 9.80 Å². The number of rotatable bonds is 3. The van der Waals surface area contributed by atoms with Gasteiger partial charge in [-0.2, -0.15) is 13.2 Å². The molecule has 2 aliphatic rings. The van der Waals surface area contributed by atoms with E-state index in [1.54, 1.807) is 11.0 Å². The Morgan fingerprint density at radius 3 is 2.39 bits per heavy atom. The summed E-state index contributed by atoms with van der Waals surface area (Å²) in [6, 6.07) is 5.19. The molecule has 0 bridgehead atoms. The van der Waals surface area contributed by atoms with E-state index in [1.165, 1.54) is 10.4 Å². The maximum Gasteiger partial charge on any atom is 0.416 e. The van der Waals surface area contributed by atoms with Crippen LogP contribution in [0, 0.1) is 5.92 Å². The number of alkyl halides is 3. The van der Waals surface area contributed by atoms with E-state index in [2.05, 4.69) is 0 Å². The van der Waals surface area contributed by atoms with E-state index >= 15 is 0 Å². The molecule has 2 fully saturated rings. The molecule has 0 saturated carbocycles. The van der Waals surface area contributed by atoms with Gasteiger partial charge in [0, 0.05) is 45.0 Å². The van der Waals surface area contributed by atoms with Crippen molar-refractivity contribution in [3.63, 3.8) is 0 Å². The Kier molecular flexibility index (Phi) is 5.90. The van der Waals surface area contributed by atoms with Gasteiger partial charge in [-0.1, -0.05) is 6.07 Å². The molecule has 6 nitrogen and oxygen atoms in total. The number of anilines is 1. The summed E-state index contributed by atoms with van der Waals surface area (Å²) in [5, 5.41) is 0. The highest BCUT2D eigenvalue weighted by Gasteiger charge is 2.34. The van der Waals surface area contributed by atoms with Crippen LogP contribution in [0.5, 0.6) is 0 Å². The number of halogens is 3. The van der Waals surface area contributed by atoms with Crippen LogP contribution in [-0.4, -0.2) is 69.1 Å². The SMILES string of the molecule is CS(=O)(=O)N1CCC[C@@H](C(=O)N2CCN(c3cccc(C(F)(F)F)c3)CC2)C1. The number of sulfonamides is 1. The van der Waals surface area contributed by atoms with E-state index in [0.717, 1.165) is 18.4 Å². The first kappa shape index (κ1) is 20.9. The Hall–Kier alpha value is -1.81. The quantitative estimate of drug-likeness (QED) is 0.752. The molecule has 2 saturated heterocycles. The van der Waals surface area contributed by atoms with Gasteiger partial charge in [-0.25, -0.2) is 12.7 Å². The molecular weight excluding hydrogens is 395 g/mol. The van der Waals surface area contributed by atoms with E-state index in [0.29, 0.717) is 51.3 Å². The Morgan fingerprint density at radius 1 is 1.11 bits per heavy atom. The lowest BCUT2D eigenvalue weighted by Crippen LogP contribution is -2.53. The Morgan fingerprint density at radius 2 is 1.79 bits per heavy atom. The van der Waals surface area contributed by atoms with Crippen molar-refractivity contribution in [3.8, 4) is 0 Å². The summed E-state index contributed by atoms with van der Waals surface area (Å²) in [7, 11) is -3.32.